The Morgan fingerprint density at radius 3 is 2.00 bits per heavy atom. The highest BCUT2D eigenvalue weighted by molar-refractivity contribution is 7.51. The van der Waals surface area contributed by atoms with Crippen LogP contribution in [0.3, 0.4) is 0 Å². The van der Waals surface area contributed by atoms with Crippen molar-refractivity contribution in [3.05, 3.63) is 35.4 Å². The van der Waals surface area contributed by atoms with Crippen molar-refractivity contribution < 1.29 is 19.5 Å². The van der Waals surface area contributed by atoms with Crippen molar-refractivity contribution in [3.8, 4) is 0 Å². The van der Waals surface area contributed by atoms with Crippen molar-refractivity contribution in [2.45, 2.75) is 76.7 Å². The van der Waals surface area contributed by atoms with E-state index in [1.807, 2.05) is 0 Å². The van der Waals surface area contributed by atoms with E-state index in [1.54, 1.807) is 0 Å². The highest BCUT2D eigenvalue weighted by atomic mass is 31.2. The summed E-state index contributed by atoms with van der Waals surface area (Å²) < 4.78 is 11.0. The number of rotatable bonds is 14. The molecule has 0 unspecified atom stereocenters. The van der Waals surface area contributed by atoms with Crippen LogP contribution in [0.25, 0.3) is 0 Å². The minimum Gasteiger partial charge on any atom is -0.394 e. The minimum atomic E-state index is -4.09. The minimum absolute atomic E-state index is 0.115. The SMILES string of the molecule is CCCCCCCCc1ccc(CC[C@](N)(CO)CCP(=O)(O)O)cc1. The lowest BCUT2D eigenvalue weighted by Gasteiger charge is -2.27. The Hall–Kier alpha value is -0.710. The van der Waals surface area contributed by atoms with Crippen LogP contribution in [0, 0.1) is 0 Å². The summed E-state index contributed by atoms with van der Waals surface area (Å²) in [6.45, 7) is 1.96. The molecule has 0 bridgehead atoms. The predicted octanol–water partition coefficient (Wildman–Crippen LogP) is 3.78. The van der Waals surface area contributed by atoms with Gasteiger partial charge >= 0.3 is 7.60 Å². The molecule has 0 spiro atoms. The van der Waals surface area contributed by atoms with E-state index >= 15 is 0 Å². The molecule has 0 aliphatic heterocycles. The molecular formula is C20H36NO4P. The molecule has 0 fully saturated rings. The van der Waals surface area contributed by atoms with Gasteiger partial charge in [0.15, 0.2) is 0 Å². The van der Waals surface area contributed by atoms with E-state index in [0.29, 0.717) is 12.8 Å². The molecule has 6 heteroatoms. The van der Waals surface area contributed by atoms with Crippen molar-refractivity contribution in [2.24, 2.45) is 5.73 Å². The zero-order valence-electron chi connectivity index (χ0n) is 16.1. The summed E-state index contributed by atoms with van der Waals surface area (Å²) in [5, 5.41) is 9.50. The molecule has 26 heavy (non-hydrogen) atoms. The highest BCUT2D eigenvalue weighted by Gasteiger charge is 2.27. The number of hydrogen-bond donors (Lipinski definition) is 4. The van der Waals surface area contributed by atoms with Crippen LogP contribution in [0.15, 0.2) is 24.3 Å². The fourth-order valence-corrected chi connectivity index (χ4v) is 3.76. The summed E-state index contributed by atoms with van der Waals surface area (Å²) in [5.41, 5.74) is 7.63. The maximum atomic E-state index is 11.0. The van der Waals surface area contributed by atoms with Gasteiger partial charge in [0.1, 0.15) is 0 Å². The summed E-state index contributed by atoms with van der Waals surface area (Å²) in [7, 11) is -4.09. The second-order valence-corrected chi connectivity index (χ2v) is 9.27. The third-order valence-corrected chi connectivity index (χ3v) is 5.78. The number of aliphatic hydroxyl groups is 1. The van der Waals surface area contributed by atoms with Crippen molar-refractivity contribution in [3.63, 3.8) is 0 Å². The number of aliphatic hydroxyl groups excluding tert-OH is 1. The van der Waals surface area contributed by atoms with Gasteiger partial charge < -0.3 is 20.6 Å². The molecule has 1 atom stereocenters. The van der Waals surface area contributed by atoms with Gasteiger partial charge in [0.05, 0.1) is 12.8 Å². The van der Waals surface area contributed by atoms with Gasteiger partial charge in [-0.25, -0.2) is 0 Å². The average molecular weight is 385 g/mol. The molecule has 150 valence electrons. The second kappa shape index (κ2) is 11.9. The van der Waals surface area contributed by atoms with Crippen LogP contribution >= 0.6 is 7.60 Å². The van der Waals surface area contributed by atoms with Crippen molar-refractivity contribution >= 4 is 7.60 Å². The quantitative estimate of drug-likeness (QED) is 0.288. The molecule has 0 aromatic heterocycles. The van der Waals surface area contributed by atoms with Gasteiger partial charge in [-0.1, -0.05) is 63.3 Å². The normalized spacial score (nSPS) is 14.3. The van der Waals surface area contributed by atoms with Gasteiger partial charge in [0, 0.05) is 5.54 Å². The third kappa shape index (κ3) is 10.4. The molecule has 0 amide bonds. The van der Waals surface area contributed by atoms with E-state index in [1.165, 1.54) is 44.1 Å². The van der Waals surface area contributed by atoms with Crippen molar-refractivity contribution in [1.82, 2.24) is 0 Å². The summed E-state index contributed by atoms with van der Waals surface area (Å²) in [5.74, 6) is 0. The lowest BCUT2D eigenvalue weighted by Crippen LogP contribution is -2.44. The zero-order chi connectivity index (χ0) is 19.5. The third-order valence-electron chi connectivity index (χ3n) is 4.97. The first-order valence-electron chi connectivity index (χ1n) is 9.80. The number of unbranched alkanes of at least 4 members (excludes halogenated alkanes) is 5. The average Bonchev–Trinajstić information content (AvgIpc) is 2.61. The maximum Gasteiger partial charge on any atom is 0.325 e. The van der Waals surface area contributed by atoms with Crippen LogP contribution in [0.4, 0.5) is 0 Å². The summed E-state index contributed by atoms with van der Waals surface area (Å²) in [4.78, 5) is 18.0. The molecule has 0 saturated heterocycles. The summed E-state index contributed by atoms with van der Waals surface area (Å²) in [6.07, 6.45) is 9.90. The topological polar surface area (TPSA) is 104 Å². The Morgan fingerprint density at radius 1 is 0.923 bits per heavy atom. The first-order valence-corrected chi connectivity index (χ1v) is 11.6. The largest absolute Gasteiger partial charge is 0.394 e. The Balaban J connectivity index is 2.37. The smallest absolute Gasteiger partial charge is 0.325 e. The number of hydrogen-bond acceptors (Lipinski definition) is 3. The zero-order valence-corrected chi connectivity index (χ0v) is 17.0. The second-order valence-electron chi connectivity index (χ2n) is 7.49. The standard InChI is InChI=1S/C20H36NO4P/c1-2-3-4-5-6-7-8-18-9-11-19(12-10-18)13-14-20(21,17-22)15-16-26(23,24)25/h9-12,22H,2-8,13-17,21H2,1H3,(H2,23,24,25)/t20-/m1/s1. The van der Waals surface area contributed by atoms with Crippen LogP contribution in [0.5, 0.6) is 0 Å². The summed E-state index contributed by atoms with van der Waals surface area (Å²) >= 11 is 0. The molecule has 1 aromatic carbocycles. The van der Waals surface area contributed by atoms with E-state index < -0.39 is 13.1 Å². The molecule has 1 rings (SSSR count). The molecular weight excluding hydrogens is 349 g/mol. The van der Waals surface area contributed by atoms with Crippen LogP contribution in [-0.2, 0) is 17.4 Å². The predicted molar refractivity (Wildman–Crippen MR) is 107 cm³/mol. The van der Waals surface area contributed by atoms with Crippen LogP contribution < -0.4 is 5.73 Å². The van der Waals surface area contributed by atoms with Crippen molar-refractivity contribution in [2.75, 3.05) is 12.8 Å². The first kappa shape index (κ1) is 23.3. The van der Waals surface area contributed by atoms with E-state index in [2.05, 4.69) is 31.2 Å². The lowest BCUT2D eigenvalue weighted by molar-refractivity contribution is 0.181. The van der Waals surface area contributed by atoms with E-state index in [9.17, 15) is 9.67 Å². The molecule has 1 aromatic rings. The molecule has 5 N–H and O–H groups in total. The van der Waals surface area contributed by atoms with Gasteiger partial charge in [-0.05, 0) is 43.2 Å². The Morgan fingerprint density at radius 2 is 1.46 bits per heavy atom. The number of aryl methyl sites for hydroxylation is 2. The fraction of sp³-hybridized carbons (Fsp3) is 0.700. The Kier molecular flexibility index (Phi) is 10.7. The van der Waals surface area contributed by atoms with Crippen molar-refractivity contribution in [1.29, 1.82) is 0 Å². The van der Waals surface area contributed by atoms with Crippen LogP contribution in [0.1, 0.15) is 69.4 Å². The van der Waals surface area contributed by atoms with Gasteiger partial charge in [-0.3, -0.25) is 4.57 Å². The van der Waals surface area contributed by atoms with Gasteiger partial charge in [-0.15, -0.1) is 0 Å². The first-order chi connectivity index (χ1) is 12.3. The van der Waals surface area contributed by atoms with E-state index in [0.717, 1.165) is 12.0 Å². The van der Waals surface area contributed by atoms with E-state index in [-0.39, 0.29) is 19.2 Å². The summed E-state index contributed by atoms with van der Waals surface area (Å²) in [6, 6.07) is 8.47. The Labute approximate surface area is 158 Å². The number of benzene rings is 1. The molecule has 0 saturated carbocycles. The molecule has 0 radical (unpaired) electrons. The van der Waals surface area contributed by atoms with Crippen LogP contribution in [0.2, 0.25) is 0 Å². The fourth-order valence-electron chi connectivity index (χ4n) is 3.03. The monoisotopic (exact) mass is 385 g/mol. The lowest BCUT2D eigenvalue weighted by atomic mass is 9.90. The van der Waals surface area contributed by atoms with Gasteiger partial charge in [0.2, 0.25) is 0 Å². The van der Waals surface area contributed by atoms with Crippen LogP contribution in [-0.4, -0.2) is 33.2 Å². The maximum absolute atomic E-state index is 11.0. The molecule has 0 aliphatic rings. The molecule has 5 nitrogen and oxygen atoms in total. The van der Waals surface area contributed by atoms with Gasteiger partial charge in [0.25, 0.3) is 0 Å². The molecule has 0 aliphatic carbocycles. The highest BCUT2D eigenvalue weighted by Crippen LogP contribution is 2.37. The van der Waals surface area contributed by atoms with E-state index in [4.69, 9.17) is 15.5 Å². The number of nitrogens with two attached hydrogens (primary N) is 1. The van der Waals surface area contributed by atoms with Gasteiger partial charge in [-0.2, -0.15) is 0 Å². The Bertz CT molecular complexity index is 543. The molecule has 0 heterocycles.